The van der Waals surface area contributed by atoms with E-state index >= 15 is 0 Å². The smallest absolute Gasteiger partial charge is 0.248 e. The fourth-order valence-electron chi connectivity index (χ4n) is 3.05. The van der Waals surface area contributed by atoms with E-state index in [1.54, 1.807) is 6.07 Å². The van der Waals surface area contributed by atoms with Crippen LogP contribution in [0, 0.1) is 0 Å². The largest absolute Gasteiger partial charge is 0.326 e. The van der Waals surface area contributed by atoms with Gasteiger partial charge >= 0.3 is 0 Å². The van der Waals surface area contributed by atoms with Gasteiger partial charge in [0.2, 0.25) is 5.56 Å². The van der Waals surface area contributed by atoms with Crippen LogP contribution in [0.4, 0.5) is 0 Å². The van der Waals surface area contributed by atoms with Crippen molar-refractivity contribution in [3.05, 3.63) is 68.6 Å². The van der Waals surface area contributed by atoms with Gasteiger partial charge in [0.1, 0.15) is 0 Å². The highest BCUT2D eigenvalue weighted by atomic mass is 35.5. The van der Waals surface area contributed by atoms with Gasteiger partial charge in [-0.25, -0.2) is 0 Å². The number of H-pyrrole nitrogens is 1. The Bertz CT molecular complexity index is 695. The molecule has 2 atom stereocenters. The van der Waals surface area contributed by atoms with Crippen molar-refractivity contribution in [3.8, 4) is 0 Å². The van der Waals surface area contributed by atoms with Crippen molar-refractivity contribution in [3.63, 3.8) is 0 Å². The van der Waals surface area contributed by atoms with Crippen LogP contribution in [0.5, 0.6) is 0 Å². The Labute approximate surface area is 129 Å². The van der Waals surface area contributed by atoms with Crippen LogP contribution in [0.2, 0.25) is 5.02 Å². The van der Waals surface area contributed by atoms with Crippen LogP contribution in [0.1, 0.15) is 48.7 Å². The van der Waals surface area contributed by atoms with Gasteiger partial charge in [-0.2, -0.15) is 0 Å². The van der Waals surface area contributed by atoms with Crippen molar-refractivity contribution in [1.82, 2.24) is 10.3 Å². The molecule has 2 unspecified atom stereocenters. The molecule has 1 aromatic heterocycles. The lowest BCUT2D eigenvalue weighted by Gasteiger charge is -2.29. The molecule has 2 N–H and O–H groups in total. The van der Waals surface area contributed by atoms with Crippen LogP contribution >= 0.6 is 11.6 Å². The predicted octanol–water partition coefficient (Wildman–Crippen LogP) is 3.76. The highest BCUT2D eigenvalue weighted by Gasteiger charge is 2.22. The molecule has 0 saturated heterocycles. The first kappa shape index (κ1) is 14.4. The summed E-state index contributed by atoms with van der Waals surface area (Å²) in [6, 6.07) is 12.0. The maximum Gasteiger partial charge on any atom is 0.248 e. The van der Waals surface area contributed by atoms with Gasteiger partial charge in [0.05, 0.1) is 0 Å². The fourth-order valence-corrected chi connectivity index (χ4v) is 3.25. The Morgan fingerprint density at radius 3 is 3.00 bits per heavy atom. The molecular formula is C17H19ClN2O. The first-order valence-electron chi connectivity index (χ1n) is 7.37. The van der Waals surface area contributed by atoms with Crippen molar-refractivity contribution in [2.24, 2.45) is 0 Å². The molecule has 0 radical (unpaired) electrons. The second kappa shape index (κ2) is 6.04. The van der Waals surface area contributed by atoms with E-state index in [0.717, 1.165) is 30.0 Å². The number of aromatic amines is 1. The Morgan fingerprint density at radius 1 is 1.33 bits per heavy atom. The van der Waals surface area contributed by atoms with Gasteiger partial charge < -0.3 is 10.3 Å². The van der Waals surface area contributed by atoms with E-state index in [1.807, 2.05) is 24.3 Å². The standard InChI is InChI=1S/C17H19ClN2O/c1-11(12-4-2-5-13(18)10-12)19-15-6-3-7-16-14(15)8-9-17(21)20-16/h2,4-5,8-11,15,19H,3,6-7H2,1H3,(H,20,21). The Balaban J connectivity index is 1.82. The highest BCUT2D eigenvalue weighted by molar-refractivity contribution is 6.30. The molecule has 4 heteroatoms. The average Bonchev–Trinajstić information content (AvgIpc) is 2.47. The summed E-state index contributed by atoms with van der Waals surface area (Å²) >= 11 is 6.06. The van der Waals surface area contributed by atoms with Crippen molar-refractivity contribution in [2.45, 2.75) is 38.3 Å². The average molecular weight is 303 g/mol. The van der Waals surface area contributed by atoms with Gasteiger partial charge in [0, 0.05) is 28.9 Å². The van der Waals surface area contributed by atoms with Crippen molar-refractivity contribution < 1.29 is 0 Å². The number of fused-ring (bicyclic) bond motifs is 1. The summed E-state index contributed by atoms with van der Waals surface area (Å²) in [4.78, 5) is 14.4. The minimum absolute atomic E-state index is 0.0164. The molecule has 1 heterocycles. The summed E-state index contributed by atoms with van der Waals surface area (Å²) in [6.07, 6.45) is 3.13. The number of aryl methyl sites for hydroxylation is 1. The zero-order valence-electron chi connectivity index (χ0n) is 12.0. The monoisotopic (exact) mass is 302 g/mol. The van der Waals surface area contributed by atoms with Crippen LogP contribution in [0.25, 0.3) is 0 Å². The van der Waals surface area contributed by atoms with Crippen molar-refractivity contribution >= 4 is 11.6 Å². The Morgan fingerprint density at radius 2 is 2.19 bits per heavy atom. The topological polar surface area (TPSA) is 44.9 Å². The molecule has 0 bridgehead atoms. The lowest BCUT2D eigenvalue weighted by molar-refractivity contribution is 0.411. The number of nitrogens with one attached hydrogen (secondary N) is 2. The van der Waals surface area contributed by atoms with E-state index in [4.69, 9.17) is 11.6 Å². The number of hydrogen-bond acceptors (Lipinski definition) is 2. The lowest BCUT2D eigenvalue weighted by Crippen LogP contribution is -2.29. The number of hydrogen-bond donors (Lipinski definition) is 2. The SMILES string of the molecule is CC(NC1CCCc2[nH]c(=O)ccc21)c1cccc(Cl)c1. The molecule has 0 amide bonds. The van der Waals surface area contributed by atoms with Crippen LogP contribution in [-0.2, 0) is 6.42 Å². The molecule has 1 aromatic carbocycles. The molecule has 1 aliphatic rings. The van der Waals surface area contributed by atoms with Crippen molar-refractivity contribution in [2.75, 3.05) is 0 Å². The van der Waals surface area contributed by atoms with E-state index in [1.165, 1.54) is 11.1 Å². The molecule has 0 aliphatic heterocycles. The van der Waals surface area contributed by atoms with Crippen LogP contribution in [0.3, 0.4) is 0 Å². The summed E-state index contributed by atoms with van der Waals surface area (Å²) in [6.45, 7) is 2.14. The number of aromatic nitrogens is 1. The van der Waals surface area contributed by atoms with E-state index in [0.29, 0.717) is 0 Å². The third-order valence-corrected chi connectivity index (χ3v) is 4.37. The van der Waals surface area contributed by atoms with Gasteiger partial charge in [0.25, 0.3) is 0 Å². The van der Waals surface area contributed by atoms with Crippen LogP contribution in [0.15, 0.2) is 41.2 Å². The molecule has 110 valence electrons. The van der Waals surface area contributed by atoms with Gasteiger partial charge in [-0.15, -0.1) is 0 Å². The highest BCUT2D eigenvalue weighted by Crippen LogP contribution is 2.30. The Kier molecular flexibility index (Phi) is 4.13. The molecule has 0 saturated carbocycles. The Hall–Kier alpha value is -1.58. The number of halogens is 1. The van der Waals surface area contributed by atoms with Crippen molar-refractivity contribution in [1.29, 1.82) is 0 Å². The predicted molar refractivity (Wildman–Crippen MR) is 85.7 cm³/mol. The zero-order chi connectivity index (χ0) is 14.8. The van der Waals surface area contributed by atoms with Crippen LogP contribution < -0.4 is 10.9 Å². The zero-order valence-corrected chi connectivity index (χ0v) is 12.8. The summed E-state index contributed by atoms with van der Waals surface area (Å²) in [5.41, 5.74) is 3.45. The first-order chi connectivity index (χ1) is 10.1. The molecular weight excluding hydrogens is 284 g/mol. The lowest BCUT2D eigenvalue weighted by atomic mass is 9.90. The molecule has 3 nitrogen and oxygen atoms in total. The third-order valence-electron chi connectivity index (χ3n) is 4.13. The van der Waals surface area contributed by atoms with Gasteiger partial charge in [-0.3, -0.25) is 4.79 Å². The van der Waals surface area contributed by atoms with Gasteiger partial charge in [0.15, 0.2) is 0 Å². The summed E-state index contributed by atoms with van der Waals surface area (Å²) in [5, 5.41) is 4.42. The molecule has 1 aliphatic carbocycles. The molecule has 3 rings (SSSR count). The fraction of sp³-hybridized carbons (Fsp3) is 0.353. The quantitative estimate of drug-likeness (QED) is 0.907. The van der Waals surface area contributed by atoms with E-state index in [-0.39, 0.29) is 17.6 Å². The van der Waals surface area contributed by atoms with Crippen LogP contribution in [-0.4, -0.2) is 4.98 Å². The second-order valence-corrected chi connectivity index (χ2v) is 6.08. The minimum atomic E-state index is -0.0164. The summed E-state index contributed by atoms with van der Waals surface area (Å²) in [7, 11) is 0. The summed E-state index contributed by atoms with van der Waals surface area (Å²) < 4.78 is 0. The summed E-state index contributed by atoms with van der Waals surface area (Å²) in [5.74, 6) is 0. The van der Waals surface area contributed by atoms with E-state index in [9.17, 15) is 4.79 Å². The second-order valence-electron chi connectivity index (χ2n) is 5.64. The molecule has 0 fully saturated rings. The molecule has 2 aromatic rings. The van der Waals surface area contributed by atoms with E-state index in [2.05, 4.69) is 23.3 Å². The van der Waals surface area contributed by atoms with E-state index < -0.39 is 0 Å². The van der Waals surface area contributed by atoms with Gasteiger partial charge in [-0.05, 0) is 49.4 Å². The maximum absolute atomic E-state index is 11.4. The third kappa shape index (κ3) is 3.20. The minimum Gasteiger partial charge on any atom is -0.326 e. The number of rotatable bonds is 3. The normalized spacial score (nSPS) is 19.0. The molecule has 21 heavy (non-hydrogen) atoms. The first-order valence-corrected chi connectivity index (χ1v) is 7.75. The number of pyridine rings is 1. The van der Waals surface area contributed by atoms with Gasteiger partial charge in [-0.1, -0.05) is 29.8 Å². The molecule has 0 spiro atoms. The maximum atomic E-state index is 11.4. The number of benzene rings is 1.